The highest BCUT2D eigenvalue weighted by molar-refractivity contribution is 5.29. The van der Waals surface area contributed by atoms with Crippen molar-refractivity contribution in [2.24, 2.45) is 65.0 Å². The molecule has 0 unspecified atom stereocenters. The van der Waals surface area contributed by atoms with Gasteiger partial charge in [0.15, 0.2) is 0 Å². The third-order valence-corrected chi connectivity index (χ3v) is 18.6. The van der Waals surface area contributed by atoms with Crippen LogP contribution in [0.5, 0.6) is 0 Å². The van der Waals surface area contributed by atoms with E-state index in [1.165, 1.54) is 104 Å². The Morgan fingerprint density at radius 2 is 0.798 bits per heavy atom. The Labute approximate surface area is 600 Å². The van der Waals surface area contributed by atoms with Crippen molar-refractivity contribution in [3.8, 4) is 5.69 Å². The van der Waals surface area contributed by atoms with Crippen molar-refractivity contribution in [1.29, 1.82) is 0 Å². The predicted octanol–water partition coefficient (Wildman–Crippen LogP) is 10.9. The third-order valence-electron chi connectivity index (χ3n) is 18.6. The lowest BCUT2D eigenvalue weighted by Crippen LogP contribution is -2.43. The normalized spacial score (nSPS) is 17.8. The average molecular weight is 1370 g/mol. The van der Waals surface area contributed by atoms with Crippen LogP contribution in [0.4, 0.5) is 0 Å². The average Bonchev–Trinajstić information content (AvgIpc) is 1.67. The van der Waals surface area contributed by atoms with Crippen LogP contribution in [-0.2, 0) is 107 Å². The maximum absolute atomic E-state index is 4.72. The summed E-state index contributed by atoms with van der Waals surface area (Å²) in [5.74, 6) is 10.2. The number of rotatable bonds is 7. The van der Waals surface area contributed by atoms with E-state index in [0.717, 1.165) is 82.0 Å². The van der Waals surface area contributed by atoms with Gasteiger partial charge in [-0.15, -0.1) is 28.1 Å². The highest BCUT2D eigenvalue weighted by Gasteiger charge is 2.39. The number of aromatic nitrogens is 21. The lowest BCUT2D eigenvalue weighted by atomic mass is 9.85. The number of hydrogen-bond acceptors (Lipinski definition) is 7. The van der Waals surface area contributed by atoms with Crippen LogP contribution in [0.15, 0.2) is 105 Å². The zero-order valence-electron chi connectivity index (χ0n) is 65.2. The van der Waals surface area contributed by atoms with Crippen LogP contribution in [0.3, 0.4) is 0 Å². The van der Waals surface area contributed by atoms with Gasteiger partial charge in [-0.25, -0.2) is 32.0 Å². The minimum atomic E-state index is 0. The molecule has 0 amide bonds. The summed E-state index contributed by atoms with van der Waals surface area (Å²) in [7, 11) is 11.9. The van der Waals surface area contributed by atoms with Gasteiger partial charge in [0, 0.05) is 87.1 Å². The molecule has 99 heavy (non-hydrogen) atoms. The molecule has 7 aromatic heterocycles. The van der Waals surface area contributed by atoms with Crippen LogP contribution >= 0.6 is 0 Å². The number of aryl methyl sites for hydroxylation is 15. The van der Waals surface area contributed by atoms with Gasteiger partial charge >= 0.3 is 0 Å². The first kappa shape index (κ1) is 87.5. The minimum absolute atomic E-state index is 0. The van der Waals surface area contributed by atoms with E-state index in [2.05, 4.69) is 218 Å². The lowest BCUT2D eigenvalue weighted by molar-refractivity contribution is -0.729. The summed E-state index contributed by atoms with van der Waals surface area (Å²) >= 11 is 0. The minimum Gasteiger partial charge on any atom is -0.358 e. The molecule has 21 heteroatoms. The van der Waals surface area contributed by atoms with E-state index in [4.69, 9.17) is 5.10 Å². The maximum atomic E-state index is 4.72. The molecule has 7 aliphatic rings. The fraction of sp³-hybridized carbons (Fsp3) is 0.577. The van der Waals surface area contributed by atoms with Gasteiger partial charge in [-0.2, -0.15) is 0 Å². The zero-order chi connectivity index (χ0) is 64.7. The van der Waals surface area contributed by atoms with Crippen molar-refractivity contribution in [2.75, 3.05) is 0 Å². The number of fused-ring (bicyclic) bond motifs is 7. The van der Waals surface area contributed by atoms with Gasteiger partial charge in [0.05, 0.1) is 85.6 Å². The third kappa shape index (κ3) is 22.7. The summed E-state index contributed by atoms with van der Waals surface area (Å²) < 4.78 is 29.5. The fourth-order valence-corrected chi connectivity index (χ4v) is 14.5. The van der Waals surface area contributed by atoms with Crippen LogP contribution in [0.1, 0.15) is 211 Å². The van der Waals surface area contributed by atoms with Gasteiger partial charge in [-0.05, 0) is 98.1 Å². The molecule has 5 atom stereocenters. The Bertz CT molecular complexity index is 3670. The van der Waals surface area contributed by atoms with Crippen LogP contribution in [0, 0.1) is 74.7 Å². The standard InChI is InChI=1S/C16H22N3.C13H16N3.2C10H18N3.C9H16N3.2C6H10N3.CH4.7CH3/c1-16(2,3)11-14-9-10-15-17-19(12-18(14)15)13-7-5-4-6-8-13;1-15-10-16-12(7-8-13(16)14-15)9-11-5-3-2-4-6-11;1-10(2,3)8-5-6-9-11-12(4)7-13(8)9;1-8(2)6-9-4-5-10-11-12(3)7-13(9)10;1-7(2)8-4-5-9-10-11(3)6-12(8)9;2*1-8-5-9-4-2-3-6(9)7-8;;;;;;;;/h4-8,12,14H,9-11H2,1-3H3;2-6,10,12H,7-9H2,1H3;7-8H,5-6H2,1-4H3;7-9H,4-6H2,1-3H3;6-8H,4-5H2,1-3H3;2*5H,2-4H2,1H3;1H4;7*1H3/q7*+1;;7*-1/t14-;12-;8-;9-;8-;;;;;;;;;;/m11111........../s1. The van der Waals surface area contributed by atoms with E-state index in [1.807, 2.05) is 93.8 Å². The summed E-state index contributed by atoms with van der Waals surface area (Å²) in [6.45, 7) is 25.3. The summed E-state index contributed by atoms with van der Waals surface area (Å²) in [6, 6.07) is 24.2. The van der Waals surface area contributed by atoms with Crippen LogP contribution in [0.25, 0.3) is 5.69 Å². The molecular weight excluding hydrogens is 1230 g/mol. The molecule has 0 saturated carbocycles. The number of nitrogens with zero attached hydrogens (tertiary/aromatic N) is 21. The van der Waals surface area contributed by atoms with Crippen molar-refractivity contribution in [3.63, 3.8) is 0 Å². The SMILES string of the molecule is C.CC(C)(C)C[C@H]1CCc2nn(-c3ccccc3)c[n+]21.CC(C)C[C@H]1CCc2nn(C)c[n+]21.CC(C)[C@H]1CCc2nn(C)c[n+]21.Cn1c[n+]2c(n1)CCC2.Cn1c[n+]2c(n1)CCC2.Cn1c[n+]2c(n1)CC[C@@H]2C(C)(C)C.Cn1c[n+]2c(n1)CC[C@@H]2Cc1ccccc1.[CH3-].[CH3-].[CH3-].[CH3-].[CH3-].[CH3-].[CH3-]. The molecule has 552 valence electrons. The van der Waals surface area contributed by atoms with Crippen LogP contribution in [-0.4, -0.2) is 68.5 Å². The van der Waals surface area contributed by atoms with E-state index >= 15 is 0 Å². The smallest absolute Gasteiger partial charge is 0.278 e. The molecule has 0 spiro atoms. The van der Waals surface area contributed by atoms with Crippen molar-refractivity contribution in [1.82, 2.24) is 68.5 Å². The van der Waals surface area contributed by atoms with Gasteiger partial charge in [0.2, 0.25) is 44.3 Å². The van der Waals surface area contributed by atoms with Crippen LogP contribution in [0.2, 0.25) is 0 Å². The Morgan fingerprint density at radius 3 is 1.27 bits per heavy atom. The first-order valence-electron chi connectivity index (χ1n) is 34.1. The lowest BCUT2D eigenvalue weighted by Gasteiger charge is -2.24. The van der Waals surface area contributed by atoms with Crippen molar-refractivity contribution < 1.29 is 32.0 Å². The highest BCUT2D eigenvalue weighted by atomic mass is 15.4. The number of hydrogen-bond donors (Lipinski definition) is 0. The quantitative estimate of drug-likeness (QED) is 0.114. The molecule has 0 saturated heterocycles. The molecule has 14 heterocycles. The van der Waals surface area contributed by atoms with Gasteiger partial charge < -0.3 is 52.0 Å². The van der Waals surface area contributed by atoms with Gasteiger partial charge in [-0.3, -0.25) is 0 Å². The fourth-order valence-electron chi connectivity index (χ4n) is 14.5. The molecule has 21 nitrogen and oxygen atoms in total. The maximum Gasteiger partial charge on any atom is 0.278 e. The van der Waals surface area contributed by atoms with Gasteiger partial charge in [0.25, 0.3) is 40.8 Å². The summed E-state index contributed by atoms with van der Waals surface area (Å²) in [6.07, 6.45) is 35.0. The van der Waals surface area contributed by atoms with E-state index in [0.29, 0.717) is 41.0 Å². The molecule has 0 N–H and O–H groups in total. The van der Waals surface area contributed by atoms with Crippen molar-refractivity contribution in [2.45, 2.75) is 229 Å². The molecule has 0 bridgehead atoms. The second kappa shape index (κ2) is 38.3. The second-order valence-electron chi connectivity index (χ2n) is 29.6. The van der Waals surface area contributed by atoms with E-state index in [9.17, 15) is 0 Å². The summed E-state index contributed by atoms with van der Waals surface area (Å²) in [4.78, 5) is 0. The Morgan fingerprint density at radius 1 is 0.414 bits per heavy atom. The monoisotopic (exact) mass is 1370 g/mol. The van der Waals surface area contributed by atoms with E-state index in [-0.39, 0.29) is 59.4 Å². The van der Waals surface area contributed by atoms with E-state index in [1.54, 1.807) is 0 Å². The second-order valence-corrected chi connectivity index (χ2v) is 29.6. The Balaban J connectivity index is 0.000000392. The summed E-state index contributed by atoms with van der Waals surface area (Å²) in [5, 5.41) is 31.0. The molecule has 7 aliphatic heterocycles. The molecule has 16 rings (SSSR count). The van der Waals surface area contributed by atoms with Crippen LogP contribution < -0.4 is 32.0 Å². The number of para-hydroxylation sites is 1. The summed E-state index contributed by atoms with van der Waals surface area (Å²) in [5.41, 5.74) is 3.27. The zero-order valence-corrected chi connectivity index (χ0v) is 65.2. The topological polar surface area (TPSA) is 152 Å². The molecule has 2 aromatic carbocycles. The van der Waals surface area contributed by atoms with E-state index < -0.39 is 0 Å². The largest absolute Gasteiger partial charge is 0.358 e. The Kier molecular flexibility index (Phi) is 33.8. The number of benzene rings is 2. The first-order chi connectivity index (χ1) is 43.4. The predicted molar refractivity (Wildman–Crippen MR) is 397 cm³/mol. The van der Waals surface area contributed by atoms with Gasteiger partial charge in [0.1, 0.15) is 5.69 Å². The molecule has 0 aliphatic carbocycles. The van der Waals surface area contributed by atoms with Crippen molar-refractivity contribution in [3.05, 3.63) is 203 Å². The van der Waals surface area contributed by atoms with Gasteiger partial charge in [-0.1, -0.05) is 130 Å². The van der Waals surface area contributed by atoms with Crippen molar-refractivity contribution >= 4 is 0 Å². The Hall–Kier alpha value is -7.58. The highest BCUT2D eigenvalue weighted by Crippen LogP contribution is 2.34. The molecule has 0 radical (unpaired) electrons. The molecule has 0 fully saturated rings. The molecular formula is C78H135N21. The molecule has 9 aromatic rings. The first-order valence-corrected chi connectivity index (χ1v) is 34.1.